The monoisotopic (exact) mass is 338 g/mol. The van der Waals surface area contributed by atoms with Crippen LogP contribution >= 0.6 is 0 Å². The van der Waals surface area contributed by atoms with Gasteiger partial charge in [-0.15, -0.1) is 0 Å². The molecule has 1 atom stereocenters. The van der Waals surface area contributed by atoms with E-state index in [1.54, 1.807) is 6.07 Å². The maximum absolute atomic E-state index is 12.3. The van der Waals surface area contributed by atoms with Gasteiger partial charge in [0.1, 0.15) is 11.3 Å². The number of hydrogen-bond acceptors (Lipinski definition) is 4. The first kappa shape index (κ1) is 15.8. The fraction of sp³-hybridized carbons (Fsp3) is 0.389. The number of piperidine rings is 1. The van der Waals surface area contributed by atoms with Crippen LogP contribution in [0, 0.1) is 0 Å². The lowest BCUT2D eigenvalue weighted by molar-refractivity contribution is 0.0947. The second-order valence-electron chi connectivity index (χ2n) is 6.39. The summed E-state index contributed by atoms with van der Waals surface area (Å²) < 4.78 is 3.89. The SMILES string of the molecule is O=C(NCCc1cn2ccccc2n1)c1ccn(C2CCCNC2)n1. The van der Waals surface area contributed by atoms with Gasteiger partial charge in [0, 0.05) is 38.1 Å². The maximum atomic E-state index is 12.3. The Morgan fingerprint density at radius 2 is 2.28 bits per heavy atom. The van der Waals surface area contributed by atoms with Gasteiger partial charge in [-0.2, -0.15) is 5.10 Å². The molecule has 0 spiro atoms. The Balaban J connectivity index is 1.32. The molecule has 0 radical (unpaired) electrons. The molecule has 25 heavy (non-hydrogen) atoms. The molecule has 7 heteroatoms. The molecule has 7 nitrogen and oxygen atoms in total. The van der Waals surface area contributed by atoms with Crippen LogP contribution in [0.1, 0.15) is 35.1 Å². The molecule has 1 unspecified atom stereocenters. The number of pyridine rings is 1. The molecule has 0 bridgehead atoms. The zero-order chi connectivity index (χ0) is 17.1. The van der Waals surface area contributed by atoms with Crippen LogP contribution in [-0.4, -0.2) is 44.7 Å². The van der Waals surface area contributed by atoms with E-state index in [4.69, 9.17) is 0 Å². The van der Waals surface area contributed by atoms with E-state index in [1.165, 1.54) is 0 Å². The predicted octanol–water partition coefficient (Wildman–Crippen LogP) is 1.43. The Bertz CT molecular complexity index is 828. The minimum Gasteiger partial charge on any atom is -0.350 e. The van der Waals surface area contributed by atoms with Gasteiger partial charge in [0.25, 0.3) is 5.91 Å². The number of amides is 1. The quantitative estimate of drug-likeness (QED) is 0.738. The highest BCUT2D eigenvalue weighted by Gasteiger charge is 2.17. The number of nitrogens with one attached hydrogen (secondary N) is 2. The topological polar surface area (TPSA) is 76.2 Å². The standard InChI is InChI=1S/C18H22N6O/c25-18(16-7-11-24(22-16)15-4-3-8-19-12-15)20-9-6-14-13-23-10-2-1-5-17(23)21-14/h1-2,5,7,10-11,13,15,19H,3-4,6,8-9,12H2,(H,20,25). The summed E-state index contributed by atoms with van der Waals surface area (Å²) in [5, 5.41) is 10.7. The van der Waals surface area contributed by atoms with Crippen LogP contribution in [0.4, 0.5) is 0 Å². The minimum absolute atomic E-state index is 0.133. The zero-order valence-electron chi connectivity index (χ0n) is 14.1. The van der Waals surface area contributed by atoms with Crippen molar-refractivity contribution in [3.8, 4) is 0 Å². The largest absolute Gasteiger partial charge is 0.350 e. The van der Waals surface area contributed by atoms with Crippen molar-refractivity contribution in [2.75, 3.05) is 19.6 Å². The highest BCUT2D eigenvalue weighted by atomic mass is 16.1. The van der Waals surface area contributed by atoms with E-state index in [0.717, 1.165) is 37.3 Å². The van der Waals surface area contributed by atoms with Crippen molar-refractivity contribution < 1.29 is 4.79 Å². The summed E-state index contributed by atoms with van der Waals surface area (Å²) in [6.07, 6.45) is 8.80. The molecule has 0 aromatic carbocycles. The van der Waals surface area contributed by atoms with Crippen LogP contribution in [0.2, 0.25) is 0 Å². The Labute approximate surface area is 146 Å². The molecule has 1 fully saturated rings. The molecule has 4 rings (SSSR count). The predicted molar refractivity (Wildman–Crippen MR) is 94.6 cm³/mol. The third kappa shape index (κ3) is 3.56. The summed E-state index contributed by atoms with van der Waals surface area (Å²) in [5.74, 6) is -0.133. The third-order valence-corrected chi connectivity index (χ3v) is 4.57. The molecule has 2 N–H and O–H groups in total. The molecule has 1 amide bonds. The number of fused-ring (bicyclic) bond motifs is 1. The summed E-state index contributed by atoms with van der Waals surface area (Å²) in [5.41, 5.74) is 2.36. The highest BCUT2D eigenvalue weighted by molar-refractivity contribution is 5.92. The Hall–Kier alpha value is -2.67. The van der Waals surface area contributed by atoms with Gasteiger partial charge >= 0.3 is 0 Å². The number of carbonyl (C=O) groups is 1. The lowest BCUT2D eigenvalue weighted by Gasteiger charge is -2.22. The lowest BCUT2D eigenvalue weighted by Crippen LogP contribution is -2.32. The van der Waals surface area contributed by atoms with Gasteiger partial charge in [0.15, 0.2) is 0 Å². The van der Waals surface area contributed by atoms with Gasteiger partial charge in [-0.05, 0) is 37.6 Å². The second kappa shape index (κ2) is 7.06. The Morgan fingerprint density at radius 3 is 3.12 bits per heavy atom. The van der Waals surface area contributed by atoms with E-state index in [2.05, 4.69) is 20.7 Å². The van der Waals surface area contributed by atoms with Crippen LogP contribution in [0.5, 0.6) is 0 Å². The second-order valence-corrected chi connectivity index (χ2v) is 6.39. The summed E-state index contributed by atoms with van der Waals surface area (Å²) in [6, 6.07) is 8.03. The summed E-state index contributed by atoms with van der Waals surface area (Å²) in [7, 11) is 0. The minimum atomic E-state index is -0.133. The van der Waals surface area contributed by atoms with Crippen LogP contribution in [0.3, 0.4) is 0 Å². The van der Waals surface area contributed by atoms with E-state index in [1.807, 2.05) is 45.9 Å². The molecule has 4 heterocycles. The maximum Gasteiger partial charge on any atom is 0.271 e. The number of carbonyl (C=O) groups excluding carboxylic acids is 1. The van der Waals surface area contributed by atoms with E-state index in [-0.39, 0.29) is 5.91 Å². The molecule has 3 aromatic heterocycles. The normalized spacial score (nSPS) is 17.7. The molecule has 1 aliphatic rings. The molecule has 1 saturated heterocycles. The number of imidazole rings is 1. The van der Waals surface area contributed by atoms with Gasteiger partial charge in [0.05, 0.1) is 11.7 Å². The van der Waals surface area contributed by atoms with Gasteiger partial charge in [-0.3, -0.25) is 9.48 Å². The van der Waals surface area contributed by atoms with Crippen molar-refractivity contribution in [2.24, 2.45) is 0 Å². The van der Waals surface area contributed by atoms with E-state index >= 15 is 0 Å². The number of hydrogen-bond donors (Lipinski definition) is 2. The van der Waals surface area contributed by atoms with Crippen molar-refractivity contribution in [1.29, 1.82) is 0 Å². The fourth-order valence-electron chi connectivity index (χ4n) is 3.22. The Morgan fingerprint density at radius 1 is 1.32 bits per heavy atom. The summed E-state index contributed by atoms with van der Waals surface area (Å²) >= 11 is 0. The first-order chi connectivity index (χ1) is 12.3. The Kier molecular flexibility index (Phi) is 4.47. The lowest BCUT2D eigenvalue weighted by atomic mass is 10.1. The van der Waals surface area contributed by atoms with Crippen molar-refractivity contribution in [3.05, 3.63) is 54.2 Å². The van der Waals surface area contributed by atoms with E-state index in [0.29, 0.717) is 24.7 Å². The first-order valence-electron chi connectivity index (χ1n) is 8.76. The van der Waals surface area contributed by atoms with Crippen LogP contribution in [-0.2, 0) is 6.42 Å². The zero-order valence-corrected chi connectivity index (χ0v) is 14.1. The summed E-state index contributed by atoms with van der Waals surface area (Å²) in [4.78, 5) is 16.8. The first-order valence-corrected chi connectivity index (χ1v) is 8.76. The van der Waals surface area contributed by atoms with Crippen molar-refractivity contribution in [1.82, 2.24) is 29.8 Å². The number of aromatic nitrogens is 4. The third-order valence-electron chi connectivity index (χ3n) is 4.57. The summed E-state index contributed by atoms with van der Waals surface area (Å²) in [6.45, 7) is 2.52. The van der Waals surface area contributed by atoms with Crippen molar-refractivity contribution in [3.63, 3.8) is 0 Å². The van der Waals surface area contributed by atoms with Crippen molar-refractivity contribution in [2.45, 2.75) is 25.3 Å². The molecule has 3 aromatic rings. The molecular weight excluding hydrogens is 316 g/mol. The fourth-order valence-corrected chi connectivity index (χ4v) is 3.22. The smallest absolute Gasteiger partial charge is 0.271 e. The molecule has 0 aliphatic carbocycles. The average Bonchev–Trinajstić information content (AvgIpc) is 3.29. The van der Waals surface area contributed by atoms with Crippen LogP contribution < -0.4 is 10.6 Å². The molecule has 130 valence electrons. The molecule has 1 aliphatic heterocycles. The van der Waals surface area contributed by atoms with Gasteiger partial charge in [-0.25, -0.2) is 4.98 Å². The van der Waals surface area contributed by atoms with Gasteiger partial charge in [-0.1, -0.05) is 6.07 Å². The average molecular weight is 338 g/mol. The van der Waals surface area contributed by atoms with Crippen LogP contribution in [0.25, 0.3) is 5.65 Å². The molecule has 0 saturated carbocycles. The van der Waals surface area contributed by atoms with Crippen molar-refractivity contribution >= 4 is 11.6 Å². The van der Waals surface area contributed by atoms with E-state index in [9.17, 15) is 4.79 Å². The van der Waals surface area contributed by atoms with E-state index < -0.39 is 0 Å². The van der Waals surface area contributed by atoms with Gasteiger partial charge in [0.2, 0.25) is 0 Å². The highest BCUT2D eigenvalue weighted by Crippen LogP contribution is 2.15. The molecular formula is C18H22N6O. The van der Waals surface area contributed by atoms with Crippen LogP contribution in [0.15, 0.2) is 42.9 Å². The number of rotatable bonds is 5. The van der Waals surface area contributed by atoms with Gasteiger partial charge < -0.3 is 15.0 Å². The number of nitrogens with zero attached hydrogens (tertiary/aromatic N) is 4.